The number of hydrogen-bond acceptors (Lipinski definition) is 4. The van der Waals surface area contributed by atoms with E-state index in [0.29, 0.717) is 10.0 Å². The van der Waals surface area contributed by atoms with Crippen LogP contribution in [0.4, 0.5) is 0 Å². The van der Waals surface area contributed by atoms with Crippen LogP contribution in [0.25, 0.3) is 0 Å². The number of esters is 1. The van der Waals surface area contributed by atoms with Gasteiger partial charge in [0.05, 0.1) is 0 Å². The second kappa shape index (κ2) is 6.75. The molecule has 0 unspecified atom stereocenters. The van der Waals surface area contributed by atoms with Crippen molar-refractivity contribution in [3.05, 3.63) is 63.6 Å². The number of ether oxygens (including phenoxy) is 1. The molecule has 0 aromatic heterocycles. The Kier molecular flexibility index (Phi) is 4.98. The fourth-order valence-corrected chi connectivity index (χ4v) is 2.26. The van der Waals surface area contributed by atoms with E-state index in [9.17, 15) is 14.7 Å². The molecule has 0 radical (unpaired) electrons. The zero-order valence-corrected chi connectivity index (χ0v) is 13.8. The molecule has 2 aromatic rings. The van der Waals surface area contributed by atoms with Crippen LogP contribution in [0, 0.1) is 6.92 Å². The molecule has 0 aliphatic rings. The molecule has 0 spiro atoms. The Hall–Kier alpha value is -2.14. The van der Waals surface area contributed by atoms with Gasteiger partial charge in [0.1, 0.15) is 11.3 Å². The Morgan fingerprint density at radius 2 is 1.77 bits per heavy atom. The van der Waals surface area contributed by atoms with E-state index < -0.39 is 12.1 Å². The minimum atomic E-state index is -0.936. The summed E-state index contributed by atoms with van der Waals surface area (Å²) < 4.78 is 5.78. The van der Waals surface area contributed by atoms with Crippen LogP contribution >= 0.6 is 15.9 Å². The molecule has 5 heteroatoms. The quantitative estimate of drug-likeness (QED) is 0.661. The third-order valence-electron chi connectivity index (χ3n) is 3.17. The van der Waals surface area contributed by atoms with Crippen molar-refractivity contribution < 1.29 is 19.4 Å². The number of rotatable bonds is 4. The van der Waals surface area contributed by atoms with Crippen molar-refractivity contribution in [3.63, 3.8) is 0 Å². The molecule has 0 saturated heterocycles. The fraction of sp³-hybridized carbons (Fsp3) is 0.176. The van der Waals surface area contributed by atoms with Crippen molar-refractivity contribution in [1.29, 1.82) is 0 Å². The first-order valence-corrected chi connectivity index (χ1v) is 7.48. The van der Waals surface area contributed by atoms with Gasteiger partial charge in [-0.3, -0.25) is 4.79 Å². The lowest BCUT2D eigenvalue weighted by atomic mass is 10.1. The second-order valence-electron chi connectivity index (χ2n) is 4.94. The highest BCUT2D eigenvalue weighted by molar-refractivity contribution is 9.10. The molecular formula is C17H15BrO4. The molecule has 2 aromatic carbocycles. The van der Waals surface area contributed by atoms with Gasteiger partial charge in [-0.15, -0.1) is 0 Å². The predicted octanol–water partition coefficient (Wildman–Crippen LogP) is 3.89. The minimum Gasteiger partial charge on any atom is -0.507 e. The third-order valence-corrected chi connectivity index (χ3v) is 3.66. The summed E-state index contributed by atoms with van der Waals surface area (Å²) in [6.07, 6.45) is -0.936. The maximum absolute atomic E-state index is 12.2. The molecule has 0 bridgehead atoms. The van der Waals surface area contributed by atoms with E-state index in [0.717, 1.165) is 5.56 Å². The number of benzene rings is 2. The van der Waals surface area contributed by atoms with Crippen LogP contribution in [-0.2, 0) is 4.74 Å². The average molecular weight is 363 g/mol. The number of halogens is 1. The lowest BCUT2D eigenvalue weighted by molar-refractivity contribution is 0.0316. The molecule has 0 heterocycles. The summed E-state index contributed by atoms with van der Waals surface area (Å²) in [6.45, 7) is 3.43. The topological polar surface area (TPSA) is 63.6 Å². The second-order valence-corrected chi connectivity index (χ2v) is 5.85. The Morgan fingerprint density at radius 3 is 2.41 bits per heavy atom. The largest absolute Gasteiger partial charge is 0.507 e. The number of hydrogen-bond donors (Lipinski definition) is 1. The van der Waals surface area contributed by atoms with Crippen molar-refractivity contribution in [1.82, 2.24) is 0 Å². The highest BCUT2D eigenvalue weighted by Gasteiger charge is 2.22. The zero-order valence-electron chi connectivity index (χ0n) is 12.2. The van der Waals surface area contributed by atoms with Gasteiger partial charge in [0.25, 0.3) is 0 Å². The summed E-state index contributed by atoms with van der Waals surface area (Å²) in [5, 5.41) is 9.70. The lowest BCUT2D eigenvalue weighted by Gasteiger charge is -2.13. The molecular weight excluding hydrogens is 348 g/mol. The van der Waals surface area contributed by atoms with Gasteiger partial charge in [-0.1, -0.05) is 45.8 Å². The van der Waals surface area contributed by atoms with E-state index in [1.165, 1.54) is 19.1 Å². The third kappa shape index (κ3) is 3.74. The van der Waals surface area contributed by atoms with Gasteiger partial charge in [0, 0.05) is 10.0 Å². The van der Waals surface area contributed by atoms with Gasteiger partial charge in [0.2, 0.25) is 5.78 Å². The summed E-state index contributed by atoms with van der Waals surface area (Å²) in [7, 11) is 0. The Balaban J connectivity index is 2.12. The standard InChI is InChI=1S/C17H15BrO4/c1-10-3-5-12(6-4-10)16(20)11(2)22-17(21)14-9-13(18)7-8-15(14)19/h3-9,11,19H,1-2H3/t11-/m1/s1. The molecule has 0 saturated carbocycles. The van der Waals surface area contributed by atoms with E-state index in [1.54, 1.807) is 18.2 Å². The highest BCUT2D eigenvalue weighted by Crippen LogP contribution is 2.23. The van der Waals surface area contributed by atoms with Crippen LogP contribution in [0.15, 0.2) is 46.9 Å². The van der Waals surface area contributed by atoms with Crippen LogP contribution in [0.5, 0.6) is 5.75 Å². The summed E-state index contributed by atoms with van der Waals surface area (Å²) >= 11 is 3.22. The molecule has 1 atom stereocenters. The van der Waals surface area contributed by atoms with Crippen LogP contribution in [0.1, 0.15) is 33.2 Å². The number of phenols is 1. The summed E-state index contributed by atoms with van der Waals surface area (Å²) in [5.41, 5.74) is 1.53. The van der Waals surface area contributed by atoms with E-state index in [1.807, 2.05) is 19.1 Å². The van der Waals surface area contributed by atoms with Crippen LogP contribution < -0.4 is 0 Å². The molecule has 0 amide bonds. The monoisotopic (exact) mass is 362 g/mol. The number of carbonyl (C=O) groups is 2. The smallest absolute Gasteiger partial charge is 0.342 e. The average Bonchev–Trinajstić information content (AvgIpc) is 2.49. The van der Waals surface area contributed by atoms with Crippen molar-refractivity contribution in [3.8, 4) is 5.75 Å². The number of aryl methyl sites for hydroxylation is 1. The van der Waals surface area contributed by atoms with Gasteiger partial charge in [-0.25, -0.2) is 4.79 Å². The SMILES string of the molecule is Cc1ccc(C(=O)[C@@H](C)OC(=O)c2cc(Br)ccc2O)cc1. The Morgan fingerprint density at radius 1 is 1.14 bits per heavy atom. The van der Waals surface area contributed by atoms with Crippen molar-refractivity contribution in [2.24, 2.45) is 0 Å². The summed E-state index contributed by atoms with van der Waals surface area (Å²) in [5.74, 6) is -1.22. The van der Waals surface area contributed by atoms with Crippen LogP contribution in [0.3, 0.4) is 0 Å². The predicted molar refractivity (Wildman–Crippen MR) is 86.2 cm³/mol. The normalized spacial score (nSPS) is 11.8. The molecule has 0 aliphatic carbocycles. The molecule has 0 fully saturated rings. The Labute approximate surface area is 136 Å². The number of Topliss-reactive ketones (excluding diaryl/α,β-unsaturated/α-hetero) is 1. The maximum atomic E-state index is 12.2. The zero-order chi connectivity index (χ0) is 16.3. The van der Waals surface area contributed by atoms with E-state index in [-0.39, 0.29) is 17.1 Å². The highest BCUT2D eigenvalue weighted by atomic mass is 79.9. The van der Waals surface area contributed by atoms with E-state index in [2.05, 4.69) is 15.9 Å². The van der Waals surface area contributed by atoms with Crippen molar-refractivity contribution in [2.75, 3.05) is 0 Å². The Bertz CT molecular complexity index is 707. The van der Waals surface area contributed by atoms with E-state index in [4.69, 9.17) is 4.74 Å². The van der Waals surface area contributed by atoms with Gasteiger partial charge in [0.15, 0.2) is 6.10 Å². The van der Waals surface area contributed by atoms with Crippen molar-refractivity contribution >= 4 is 27.7 Å². The lowest BCUT2D eigenvalue weighted by Crippen LogP contribution is -2.24. The fourth-order valence-electron chi connectivity index (χ4n) is 1.90. The van der Waals surface area contributed by atoms with E-state index >= 15 is 0 Å². The minimum absolute atomic E-state index is 0.0120. The number of phenolic OH excluding ortho intramolecular Hbond substituents is 1. The van der Waals surface area contributed by atoms with Gasteiger partial charge in [-0.2, -0.15) is 0 Å². The molecule has 4 nitrogen and oxygen atoms in total. The molecule has 114 valence electrons. The summed E-state index contributed by atoms with van der Waals surface area (Å²) in [6, 6.07) is 11.5. The first kappa shape index (κ1) is 16.2. The van der Waals surface area contributed by atoms with Gasteiger partial charge in [-0.05, 0) is 32.0 Å². The van der Waals surface area contributed by atoms with Crippen LogP contribution in [-0.4, -0.2) is 23.0 Å². The molecule has 1 N–H and O–H groups in total. The molecule has 2 rings (SSSR count). The summed E-state index contributed by atoms with van der Waals surface area (Å²) in [4.78, 5) is 24.3. The number of ketones is 1. The number of aromatic hydroxyl groups is 1. The van der Waals surface area contributed by atoms with Gasteiger partial charge >= 0.3 is 5.97 Å². The van der Waals surface area contributed by atoms with Crippen LogP contribution in [0.2, 0.25) is 0 Å². The molecule has 0 aliphatic heterocycles. The van der Waals surface area contributed by atoms with Gasteiger partial charge < -0.3 is 9.84 Å². The maximum Gasteiger partial charge on any atom is 0.342 e. The molecule has 22 heavy (non-hydrogen) atoms. The van der Waals surface area contributed by atoms with Crippen molar-refractivity contribution in [2.45, 2.75) is 20.0 Å². The first-order valence-electron chi connectivity index (χ1n) is 6.69. The number of carbonyl (C=O) groups excluding carboxylic acids is 2. The first-order chi connectivity index (χ1) is 10.4.